The number of aromatic nitrogens is 1. The smallest absolute Gasteiger partial charge is 0.192 e. The topological polar surface area (TPSA) is 60.2 Å². The van der Waals surface area contributed by atoms with Gasteiger partial charge in [0.25, 0.3) is 0 Å². The molecule has 6 heteroatoms. The summed E-state index contributed by atoms with van der Waals surface area (Å²) in [5.41, 5.74) is 2.16. The molecule has 0 atom stereocenters. The summed E-state index contributed by atoms with van der Waals surface area (Å²) in [6.45, 7) is 5.73. The van der Waals surface area contributed by atoms with Gasteiger partial charge >= 0.3 is 0 Å². The minimum atomic E-state index is -3.31. The molecule has 0 bridgehead atoms. The van der Waals surface area contributed by atoms with E-state index in [2.05, 4.69) is 5.16 Å². The van der Waals surface area contributed by atoms with Crippen molar-refractivity contribution in [3.05, 3.63) is 34.5 Å². The molecule has 0 amide bonds. The van der Waals surface area contributed by atoms with Crippen LogP contribution in [0, 0.1) is 6.92 Å². The maximum absolute atomic E-state index is 12.3. The van der Waals surface area contributed by atoms with E-state index in [0.717, 1.165) is 5.56 Å². The lowest BCUT2D eigenvalue weighted by molar-refractivity contribution is 0.408. The molecule has 0 N–H and O–H groups in total. The molecule has 0 fully saturated rings. The molecule has 2 aromatic heterocycles. The third-order valence-electron chi connectivity index (χ3n) is 2.66. The molecule has 18 heavy (non-hydrogen) atoms. The number of sulfone groups is 1. The van der Waals surface area contributed by atoms with Crippen molar-refractivity contribution in [2.45, 2.75) is 36.7 Å². The number of aryl methyl sites for hydroxylation is 1. The fourth-order valence-electron chi connectivity index (χ4n) is 1.80. The molecular weight excluding hydrogens is 270 g/mol. The predicted octanol–water partition coefficient (Wildman–Crippen LogP) is 3.14. The van der Waals surface area contributed by atoms with Gasteiger partial charge in [0, 0.05) is 5.56 Å². The van der Waals surface area contributed by atoms with E-state index in [9.17, 15) is 8.42 Å². The molecule has 0 radical (unpaired) electrons. The molecule has 0 spiro atoms. The zero-order chi connectivity index (χ0) is 13.3. The van der Waals surface area contributed by atoms with Crippen LogP contribution >= 0.6 is 11.3 Å². The van der Waals surface area contributed by atoms with Crippen molar-refractivity contribution in [3.8, 4) is 0 Å². The summed E-state index contributed by atoms with van der Waals surface area (Å²) in [6.07, 6.45) is 1.43. The van der Waals surface area contributed by atoms with Crippen LogP contribution in [0.1, 0.15) is 36.6 Å². The van der Waals surface area contributed by atoms with Crippen molar-refractivity contribution in [1.82, 2.24) is 5.16 Å². The van der Waals surface area contributed by atoms with Crippen LogP contribution in [-0.4, -0.2) is 13.6 Å². The molecule has 0 saturated heterocycles. The Morgan fingerprint density at radius 3 is 2.72 bits per heavy atom. The van der Waals surface area contributed by atoms with Gasteiger partial charge in [-0.1, -0.05) is 19.0 Å². The summed E-state index contributed by atoms with van der Waals surface area (Å²) in [6, 6.07) is 1.81. The van der Waals surface area contributed by atoms with E-state index in [0.29, 0.717) is 15.5 Å². The Morgan fingerprint density at radius 1 is 1.44 bits per heavy atom. The molecular formula is C12H15NO3S2. The molecule has 98 valence electrons. The largest absolute Gasteiger partial charge is 0.364 e. The SMILES string of the molecule is Cc1ccsc1S(=O)(=O)Cc1conc1C(C)C. The zero-order valence-electron chi connectivity index (χ0n) is 10.5. The summed E-state index contributed by atoms with van der Waals surface area (Å²) in [5.74, 6) is 0.101. The minimum absolute atomic E-state index is 0.0502. The highest BCUT2D eigenvalue weighted by molar-refractivity contribution is 7.92. The third-order valence-corrected chi connectivity index (χ3v) is 6.10. The van der Waals surface area contributed by atoms with Gasteiger partial charge in [0.1, 0.15) is 10.5 Å². The first-order valence-corrected chi connectivity index (χ1v) is 8.15. The Bertz CT molecular complexity index is 638. The normalized spacial score (nSPS) is 12.2. The van der Waals surface area contributed by atoms with Crippen molar-refractivity contribution in [1.29, 1.82) is 0 Å². The molecule has 0 saturated carbocycles. The molecule has 0 aromatic carbocycles. The number of rotatable bonds is 4. The van der Waals surface area contributed by atoms with Gasteiger partial charge in [0.15, 0.2) is 9.84 Å². The molecule has 2 aromatic rings. The van der Waals surface area contributed by atoms with E-state index in [4.69, 9.17) is 4.52 Å². The van der Waals surface area contributed by atoms with Crippen molar-refractivity contribution >= 4 is 21.2 Å². The monoisotopic (exact) mass is 285 g/mol. The minimum Gasteiger partial charge on any atom is -0.364 e. The zero-order valence-corrected chi connectivity index (χ0v) is 12.1. The van der Waals surface area contributed by atoms with E-state index in [1.807, 2.05) is 19.9 Å². The lowest BCUT2D eigenvalue weighted by atomic mass is 10.1. The summed E-state index contributed by atoms with van der Waals surface area (Å²) in [7, 11) is -3.31. The quantitative estimate of drug-likeness (QED) is 0.866. The maximum atomic E-state index is 12.3. The second-order valence-corrected chi connectivity index (χ2v) is 7.63. The van der Waals surface area contributed by atoms with Crippen LogP contribution in [0.4, 0.5) is 0 Å². The van der Waals surface area contributed by atoms with Gasteiger partial charge in [-0.05, 0) is 29.9 Å². The van der Waals surface area contributed by atoms with Gasteiger partial charge in [0.05, 0.1) is 11.4 Å². The van der Waals surface area contributed by atoms with Gasteiger partial charge in [-0.3, -0.25) is 0 Å². The van der Waals surface area contributed by atoms with E-state index in [1.54, 1.807) is 12.3 Å². The van der Waals surface area contributed by atoms with E-state index >= 15 is 0 Å². The highest BCUT2D eigenvalue weighted by atomic mass is 32.2. The Labute approximate surface area is 111 Å². The predicted molar refractivity (Wildman–Crippen MR) is 70.5 cm³/mol. The van der Waals surface area contributed by atoms with Crippen LogP contribution in [-0.2, 0) is 15.6 Å². The first-order chi connectivity index (χ1) is 8.42. The third kappa shape index (κ3) is 2.49. The molecule has 2 rings (SSSR count). The summed E-state index contributed by atoms with van der Waals surface area (Å²) < 4.78 is 29.9. The first-order valence-electron chi connectivity index (χ1n) is 5.62. The van der Waals surface area contributed by atoms with E-state index in [1.165, 1.54) is 17.6 Å². The Morgan fingerprint density at radius 2 is 2.17 bits per heavy atom. The van der Waals surface area contributed by atoms with Gasteiger partial charge in [-0.25, -0.2) is 8.42 Å². The van der Waals surface area contributed by atoms with Crippen molar-refractivity contribution in [2.75, 3.05) is 0 Å². The average Bonchev–Trinajstić information content (AvgIpc) is 2.86. The summed E-state index contributed by atoms with van der Waals surface area (Å²) >= 11 is 1.25. The van der Waals surface area contributed by atoms with Crippen LogP contribution in [0.3, 0.4) is 0 Å². The highest BCUT2D eigenvalue weighted by Crippen LogP contribution is 2.27. The van der Waals surface area contributed by atoms with Crippen molar-refractivity contribution in [3.63, 3.8) is 0 Å². The Hall–Kier alpha value is -1.14. The van der Waals surface area contributed by atoms with Gasteiger partial charge in [-0.2, -0.15) is 0 Å². The molecule has 0 unspecified atom stereocenters. The fraction of sp³-hybridized carbons (Fsp3) is 0.417. The lowest BCUT2D eigenvalue weighted by Gasteiger charge is -2.05. The standard InChI is InChI=1S/C12H15NO3S2/c1-8(2)11-10(6-16-13-11)7-18(14,15)12-9(3)4-5-17-12/h4-6,8H,7H2,1-3H3. The number of hydrogen-bond donors (Lipinski definition) is 0. The summed E-state index contributed by atoms with van der Waals surface area (Å²) in [4.78, 5) is 0. The fourth-order valence-corrected chi connectivity index (χ4v) is 4.69. The number of hydrogen-bond acceptors (Lipinski definition) is 5. The Kier molecular flexibility index (Phi) is 3.59. The number of thiophene rings is 1. The van der Waals surface area contributed by atoms with Crippen molar-refractivity contribution < 1.29 is 12.9 Å². The Balaban J connectivity index is 2.34. The van der Waals surface area contributed by atoms with Crippen LogP contribution in [0.25, 0.3) is 0 Å². The molecule has 4 nitrogen and oxygen atoms in total. The van der Waals surface area contributed by atoms with Crippen LogP contribution < -0.4 is 0 Å². The number of nitrogens with zero attached hydrogens (tertiary/aromatic N) is 1. The second-order valence-electron chi connectivity index (χ2n) is 4.53. The van der Waals surface area contributed by atoms with Crippen molar-refractivity contribution in [2.24, 2.45) is 0 Å². The molecule has 2 heterocycles. The van der Waals surface area contributed by atoms with Crippen LogP contribution in [0.5, 0.6) is 0 Å². The van der Waals surface area contributed by atoms with Crippen LogP contribution in [0.15, 0.2) is 26.4 Å². The van der Waals surface area contributed by atoms with E-state index in [-0.39, 0.29) is 11.7 Å². The lowest BCUT2D eigenvalue weighted by Crippen LogP contribution is -2.06. The van der Waals surface area contributed by atoms with Crippen LogP contribution in [0.2, 0.25) is 0 Å². The van der Waals surface area contributed by atoms with E-state index < -0.39 is 9.84 Å². The second kappa shape index (κ2) is 4.85. The van der Waals surface area contributed by atoms with Gasteiger partial charge < -0.3 is 4.52 Å². The van der Waals surface area contributed by atoms with Gasteiger partial charge in [0.2, 0.25) is 0 Å². The maximum Gasteiger partial charge on any atom is 0.192 e. The average molecular weight is 285 g/mol. The first kappa shape index (κ1) is 13.3. The molecule has 0 aliphatic rings. The van der Waals surface area contributed by atoms with Gasteiger partial charge in [-0.15, -0.1) is 11.3 Å². The molecule has 0 aliphatic carbocycles. The molecule has 0 aliphatic heterocycles. The summed E-state index contributed by atoms with van der Waals surface area (Å²) in [5, 5.41) is 5.66. The highest BCUT2D eigenvalue weighted by Gasteiger charge is 2.23.